The molecule has 1 saturated heterocycles. The molecule has 0 aromatic rings. The van der Waals surface area contributed by atoms with E-state index in [0.29, 0.717) is 18.3 Å². The average molecular weight is 298 g/mol. The van der Waals surface area contributed by atoms with Gasteiger partial charge in [-0.1, -0.05) is 27.2 Å². The van der Waals surface area contributed by atoms with Gasteiger partial charge in [-0.05, 0) is 49.9 Å². The molecule has 2 radical (unpaired) electrons. The van der Waals surface area contributed by atoms with Gasteiger partial charge in [-0.25, -0.2) is 5.11 Å². The van der Waals surface area contributed by atoms with Crippen molar-refractivity contribution in [3.63, 3.8) is 0 Å². The van der Waals surface area contributed by atoms with Crippen molar-refractivity contribution in [3.8, 4) is 0 Å². The van der Waals surface area contributed by atoms with Crippen LogP contribution < -0.4 is 0 Å². The van der Waals surface area contributed by atoms with Crippen LogP contribution in [-0.2, 0) is 14.6 Å². The lowest BCUT2D eigenvalue weighted by molar-refractivity contribution is 0.00312. The zero-order valence-corrected chi connectivity index (χ0v) is 14.2. The molecule has 0 aliphatic carbocycles. The van der Waals surface area contributed by atoms with Crippen molar-refractivity contribution in [2.45, 2.75) is 71.8 Å². The molecule has 1 heterocycles. The average Bonchev–Trinajstić information content (AvgIpc) is 2.67. The van der Waals surface area contributed by atoms with Crippen LogP contribution in [0.2, 0.25) is 0 Å². The minimum Gasteiger partial charge on any atom is -0.378 e. The van der Waals surface area contributed by atoms with Crippen LogP contribution in [0, 0.1) is 24.4 Å². The maximum absolute atomic E-state index is 10.8. The highest BCUT2D eigenvalue weighted by Gasteiger charge is 2.21. The Morgan fingerprint density at radius 3 is 2.86 bits per heavy atom. The molecule has 0 aromatic carbocycles. The number of rotatable bonds is 10. The SMILES string of the molecule is CCCC(CC[O])OCC(C)CCC1CC[CH]OCC1C. The van der Waals surface area contributed by atoms with Crippen molar-refractivity contribution < 1.29 is 14.6 Å². The van der Waals surface area contributed by atoms with Crippen molar-refractivity contribution in [2.75, 3.05) is 19.8 Å². The maximum Gasteiger partial charge on any atom is 0.0847 e. The number of hydrogen-bond acceptors (Lipinski definition) is 2. The van der Waals surface area contributed by atoms with Gasteiger partial charge in [0.05, 0.1) is 19.3 Å². The molecule has 1 fully saturated rings. The van der Waals surface area contributed by atoms with E-state index in [1.807, 2.05) is 6.61 Å². The van der Waals surface area contributed by atoms with Crippen molar-refractivity contribution in [2.24, 2.45) is 17.8 Å². The zero-order valence-electron chi connectivity index (χ0n) is 14.2. The van der Waals surface area contributed by atoms with Gasteiger partial charge < -0.3 is 9.47 Å². The molecule has 0 aromatic heterocycles. The lowest BCUT2D eigenvalue weighted by Gasteiger charge is -2.23. The topological polar surface area (TPSA) is 38.4 Å². The second kappa shape index (κ2) is 11.4. The van der Waals surface area contributed by atoms with Gasteiger partial charge in [-0.2, -0.15) is 0 Å². The van der Waals surface area contributed by atoms with Gasteiger partial charge in [-0.3, -0.25) is 0 Å². The third-order valence-corrected chi connectivity index (χ3v) is 4.63. The Kier molecular flexibility index (Phi) is 10.3. The minimum atomic E-state index is -0.0187. The van der Waals surface area contributed by atoms with Crippen LogP contribution in [0.25, 0.3) is 0 Å². The quantitative estimate of drug-likeness (QED) is 0.589. The molecule has 4 unspecified atom stereocenters. The summed E-state index contributed by atoms with van der Waals surface area (Å²) in [6.45, 7) is 10.3. The fourth-order valence-corrected chi connectivity index (χ4v) is 3.08. The van der Waals surface area contributed by atoms with Crippen LogP contribution in [0.1, 0.15) is 65.7 Å². The van der Waals surface area contributed by atoms with E-state index in [1.165, 1.54) is 19.3 Å². The summed E-state index contributed by atoms with van der Waals surface area (Å²) in [7, 11) is 0. The van der Waals surface area contributed by atoms with Crippen LogP contribution in [-0.4, -0.2) is 25.9 Å². The van der Waals surface area contributed by atoms with E-state index in [9.17, 15) is 5.11 Å². The highest BCUT2D eigenvalue weighted by atomic mass is 16.5. The first kappa shape index (κ1) is 18.9. The van der Waals surface area contributed by atoms with Gasteiger partial charge in [-0.15, -0.1) is 0 Å². The molecule has 0 amide bonds. The van der Waals surface area contributed by atoms with E-state index in [4.69, 9.17) is 9.47 Å². The van der Waals surface area contributed by atoms with Crippen molar-refractivity contribution in [3.05, 3.63) is 6.61 Å². The van der Waals surface area contributed by atoms with E-state index in [2.05, 4.69) is 20.8 Å². The van der Waals surface area contributed by atoms with Crippen LogP contribution in [0.3, 0.4) is 0 Å². The number of ether oxygens (including phenoxy) is 2. The molecule has 3 nitrogen and oxygen atoms in total. The standard InChI is InChI=1S/C18H34O3/c1-4-6-18(10-11-19)21-13-15(2)8-9-17-7-5-12-20-14-16(17)3/h12,15-18H,4-11,13-14H2,1-3H3. The molecule has 21 heavy (non-hydrogen) atoms. The largest absolute Gasteiger partial charge is 0.378 e. The molecule has 1 aliphatic rings. The Morgan fingerprint density at radius 2 is 2.14 bits per heavy atom. The van der Waals surface area contributed by atoms with Gasteiger partial charge >= 0.3 is 0 Å². The fraction of sp³-hybridized carbons (Fsp3) is 0.944. The fourth-order valence-electron chi connectivity index (χ4n) is 3.08. The van der Waals surface area contributed by atoms with Gasteiger partial charge in [0.25, 0.3) is 0 Å². The smallest absolute Gasteiger partial charge is 0.0847 e. The summed E-state index contributed by atoms with van der Waals surface area (Å²) < 4.78 is 11.4. The maximum atomic E-state index is 10.8. The summed E-state index contributed by atoms with van der Waals surface area (Å²) in [6, 6.07) is 0. The summed E-state index contributed by atoms with van der Waals surface area (Å²) in [5.41, 5.74) is 0. The first-order valence-corrected chi connectivity index (χ1v) is 8.80. The molecular weight excluding hydrogens is 264 g/mol. The third-order valence-electron chi connectivity index (χ3n) is 4.63. The lowest BCUT2D eigenvalue weighted by atomic mass is 9.85. The first-order valence-electron chi connectivity index (χ1n) is 8.80. The predicted molar refractivity (Wildman–Crippen MR) is 85.4 cm³/mol. The van der Waals surface area contributed by atoms with Crippen LogP contribution in [0.4, 0.5) is 0 Å². The molecule has 0 N–H and O–H groups in total. The summed E-state index contributed by atoms with van der Waals surface area (Å²) in [5, 5.41) is 10.8. The molecule has 0 spiro atoms. The molecule has 0 bridgehead atoms. The van der Waals surface area contributed by atoms with E-state index in [1.54, 1.807) is 0 Å². The monoisotopic (exact) mass is 298 g/mol. The molecule has 124 valence electrons. The summed E-state index contributed by atoms with van der Waals surface area (Å²) in [4.78, 5) is 0. The Labute approximate surface area is 131 Å². The van der Waals surface area contributed by atoms with E-state index < -0.39 is 0 Å². The summed E-state index contributed by atoms with van der Waals surface area (Å²) in [6.07, 6.45) is 7.76. The Balaban J connectivity index is 2.21. The molecule has 1 aliphatic heterocycles. The molecule has 3 heteroatoms. The summed E-state index contributed by atoms with van der Waals surface area (Å²) in [5.74, 6) is 2.01. The van der Waals surface area contributed by atoms with Gasteiger partial charge in [0.15, 0.2) is 0 Å². The summed E-state index contributed by atoms with van der Waals surface area (Å²) >= 11 is 0. The molecule has 4 atom stereocenters. The molecule has 1 rings (SSSR count). The molecular formula is C18H34O3. The Hall–Kier alpha value is -0.120. The van der Waals surface area contributed by atoms with Crippen LogP contribution >= 0.6 is 0 Å². The highest BCUT2D eigenvalue weighted by Crippen LogP contribution is 2.28. The van der Waals surface area contributed by atoms with Crippen molar-refractivity contribution in [1.82, 2.24) is 0 Å². The van der Waals surface area contributed by atoms with E-state index in [-0.39, 0.29) is 12.7 Å². The first-order chi connectivity index (χ1) is 10.2. The van der Waals surface area contributed by atoms with E-state index >= 15 is 0 Å². The Morgan fingerprint density at radius 1 is 1.33 bits per heavy atom. The van der Waals surface area contributed by atoms with E-state index in [0.717, 1.165) is 38.4 Å². The van der Waals surface area contributed by atoms with Crippen molar-refractivity contribution >= 4 is 0 Å². The van der Waals surface area contributed by atoms with Gasteiger partial charge in [0.1, 0.15) is 0 Å². The second-order valence-electron chi connectivity index (χ2n) is 6.73. The third kappa shape index (κ3) is 8.18. The lowest BCUT2D eigenvalue weighted by Crippen LogP contribution is -2.20. The molecule has 0 saturated carbocycles. The van der Waals surface area contributed by atoms with Crippen LogP contribution in [0.5, 0.6) is 0 Å². The predicted octanol–water partition coefficient (Wildman–Crippen LogP) is 4.63. The number of hydrogen-bond donors (Lipinski definition) is 0. The van der Waals surface area contributed by atoms with Crippen molar-refractivity contribution in [1.29, 1.82) is 0 Å². The van der Waals surface area contributed by atoms with Gasteiger partial charge in [0, 0.05) is 19.6 Å². The minimum absolute atomic E-state index is 0.0187. The Bertz CT molecular complexity index is 239. The van der Waals surface area contributed by atoms with Crippen LogP contribution in [0.15, 0.2) is 0 Å². The second-order valence-corrected chi connectivity index (χ2v) is 6.73. The highest BCUT2D eigenvalue weighted by molar-refractivity contribution is 4.73. The zero-order chi connectivity index (χ0) is 15.5. The van der Waals surface area contributed by atoms with Gasteiger partial charge in [0.2, 0.25) is 0 Å². The normalized spacial score (nSPS) is 26.3.